The van der Waals surface area contributed by atoms with Gasteiger partial charge in [-0.05, 0) is 18.4 Å². The highest BCUT2D eigenvalue weighted by atomic mass is 32.2. The number of nitrogens with one attached hydrogen (secondary N) is 1. The highest BCUT2D eigenvalue weighted by Crippen LogP contribution is 2.29. The molecule has 4 nitrogen and oxygen atoms in total. The first kappa shape index (κ1) is 14.9. The van der Waals surface area contributed by atoms with Crippen LogP contribution >= 0.6 is 34.9 Å². The Morgan fingerprint density at radius 2 is 2.00 bits per heavy atom. The maximum Gasteiger partial charge on any atom is 0.175 e. The van der Waals surface area contributed by atoms with Gasteiger partial charge < -0.3 is 9.73 Å². The van der Waals surface area contributed by atoms with Crippen molar-refractivity contribution < 1.29 is 4.42 Å². The van der Waals surface area contributed by atoms with Gasteiger partial charge in [0, 0.05) is 6.04 Å². The molecule has 0 amide bonds. The van der Waals surface area contributed by atoms with Gasteiger partial charge in [0.25, 0.3) is 0 Å². The Bertz CT molecular complexity index is 510. The summed E-state index contributed by atoms with van der Waals surface area (Å²) in [5.41, 5.74) is 0. The number of nitrogens with zero attached hydrogens (tertiary/aromatic N) is 2. The molecule has 0 unspecified atom stereocenters. The second kappa shape index (κ2) is 7.33. The van der Waals surface area contributed by atoms with Gasteiger partial charge in [-0.15, -0.1) is 10.2 Å². The highest BCUT2D eigenvalue weighted by Gasteiger charge is 2.07. The Hall–Kier alpha value is -0.500. The van der Waals surface area contributed by atoms with Crippen molar-refractivity contribution in [3.8, 4) is 0 Å². The first-order valence-corrected chi connectivity index (χ1v) is 9.01. The summed E-state index contributed by atoms with van der Waals surface area (Å²) >= 11 is 4.91. The topological polar surface area (TPSA) is 51.0 Å². The van der Waals surface area contributed by atoms with Crippen LogP contribution in [0.1, 0.15) is 25.4 Å². The van der Waals surface area contributed by atoms with Gasteiger partial charge in [-0.25, -0.2) is 0 Å². The molecule has 2 aromatic heterocycles. The quantitative estimate of drug-likeness (QED) is 0.787. The molecular weight excluding hydrogens is 298 g/mol. The predicted molar refractivity (Wildman–Crippen MR) is 81.9 cm³/mol. The Labute approximate surface area is 125 Å². The Balaban J connectivity index is 1.82. The summed E-state index contributed by atoms with van der Waals surface area (Å²) in [4.78, 5) is 0. The van der Waals surface area contributed by atoms with Crippen molar-refractivity contribution in [2.75, 3.05) is 6.26 Å². The molecule has 0 bridgehead atoms. The smallest absolute Gasteiger partial charge is 0.175 e. The molecule has 0 aliphatic heterocycles. The van der Waals surface area contributed by atoms with Crippen molar-refractivity contribution in [1.29, 1.82) is 0 Å². The summed E-state index contributed by atoms with van der Waals surface area (Å²) in [5.74, 6) is 2.75. The molecule has 2 aromatic rings. The average Bonchev–Trinajstić information content (AvgIpc) is 3.03. The third-order valence-electron chi connectivity index (χ3n) is 2.30. The summed E-state index contributed by atoms with van der Waals surface area (Å²) in [6, 6.07) is 4.52. The third kappa shape index (κ3) is 4.83. The normalized spacial score (nSPS) is 11.4. The molecule has 2 heterocycles. The van der Waals surface area contributed by atoms with E-state index in [9.17, 15) is 0 Å². The molecule has 0 saturated heterocycles. The maximum atomic E-state index is 5.76. The van der Waals surface area contributed by atoms with Crippen LogP contribution in [0.4, 0.5) is 0 Å². The molecule has 104 valence electrons. The molecule has 0 saturated carbocycles. The maximum absolute atomic E-state index is 5.76. The second-order valence-corrected chi connectivity index (χ2v) is 7.48. The van der Waals surface area contributed by atoms with Gasteiger partial charge in [0.05, 0.1) is 12.3 Å². The van der Waals surface area contributed by atoms with Crippen LogP contribution in [-0.4, -0.2) is 22.5 Å². The minimum absolute atomic E-state index is 0.467. The molecule has 0 radical (unpaired) electrons. The van der Waals surface area contributed by atoms with Crippen LogP contribution in [0, 0.1) is 0 Å². The molecule has 0 spiro atoms. The Kier molecular flexibility index (Phi) is 5.75. The summed E-state index contributed by atoms with van der Waals surface area (Å²) in [5, 5.41) is 11.5. The van der Waals surface area contributed by atoms with Crippen molar-refractivity contribution in [3.05, 3.63) is 23.7 Å². The van der Waals surface area contributed by atoms with Gasteiger partial charge in [-0.1, -0.05) is 48.7 Å². The lowest BCUT2D eigenvalue weighted by atomic mass is 10.3. The van der Waals surface area contributed by atoms with E-state index in [1.54, 1.807) is 34.9 Å². The number of furan rings is 1. The fourth-order valence-electron chi connectivity index (χ4n) is 1.37. The zero-order chi connectivity index (χ0) is 13.7. The lowest BCUT2D eigenvalue weighted by Gasteiger charge is -2.04. The SMILES string of the molecule is CSc1nnc(SCc2ccc(CNC(C)C)o2)s1. The minimum Gasteiger partial charge on any atom is -0.464 e. The second-order valence-electron chi connectivity index (χ2n) is 4.23. The zero-order valence-electron chi connectivity index (χ0n) is 11.2. The minimum atomic E-state index is 0.467. The van der Waals surface area contributed by atoms with Crippen molar-refractivity contribution >= 4 is 34.9 Å². The van der Waals surface area contributed by atoms with E-state index in [1.165, 1.54) is 0 Å². The molecule has 0 atom stereocenters. The van der Waals surface area contributed by atoms with Gasteiger partial charge in [0.15, 0.2) is 8.68 Å². The van der Waals surface area contributed by atoms with Crippen molar-refractivity contribution in [2.24, 2.45) is 0 Å². The average molecular weight is 315 g/mol. The van der Waals surface area contributed by atoms with Crippen LogP contribution in [0.15, 0.2) is 25.2 Å². The van der Waals surface area contributed by atoms with E-state index in [0.29, 0.717) is 6.04 Å². The summed E-state index contributed by atoms with van der Waals surface area (Å²) in [7, 11) is 0. The fraction of sp³-hybridized carbons (Fsp3) is 0.500. The van der Waals surface area contributed by atoms with Crippen molar-refractivity contribution in [2.45, 2.75) is 40.9 Å². The molecule has 1 N–H and O–H groups in total. The molecule has 0 aromatic carbocycles. The standard InChI is InChI=1S/C12H17N3OS3/c1-8(2)13-6-9-4-5-10(16-9)7-18-12-15-14-11(17-3)19-12/h4-5,8,13H,6-7H2,1-3H3. The highest BCUT2D eigenvalue weighted by molar-refractivity contribution is 8.02. The van der Waals surface area contributed by atoms with Crippen LogP contribution < -0.4 is 5.32 Å². The Morgan fingerprint density at radius 1 is 1.26 bits per heavy atom. The van der Waals surface area contributed by atoms with Crippen LogP contribution in [0.2, 0.25) is 0 Å². The molecule has 0 aliphatic carbocycles. The summed E-state index contributed by atoms with van der Waals surface area (Å²) < 4.78 is 7.75. The summed E-state index contributed by atoms with van der Waals surface area (Å²) in [6.45, 7) is 5.02. The molecule has 7 heteroatoms. The van der Waals surface area contributed by atoms with E-state index in [4.69, 9.17) is 4.42 Å². The fourth-order valence-corrected chi connectivity index (χ4v) is 3.70. The van der Waals surface area contributed by atoms with E-state index in [1.807, 2.05) is 18.4 Å². The number of aromatic nitrogens is 2. The van der Waals surface area contributed by atoms with Gasteiger partial charge in [-0.3, -0.25) is 0 Å². The van der Waals surface area contributed by atoms with Gasteiger partial charge in [0.2, 0.25) is 0 Å². The number of hydrogen-bond acceptors (Lipinski definition) is 7. The van der Waals surface area contributed by atoms with Gasteiger partial charge in [-0.2, -0.15) is 0 Å². The Morgan fingerprint density at radius 3 is 2.68 bits per heavy atom. The number of thioether (sulfide) groups is 2. The van der Waals surface area contributed by atoms with E-state index < -0.39 is 0 Å². The lowest BCUT2D eigenvalue weighted by molar-refractivity contribution is 0.445. The van der Waals surface area contributed by atoms with E-state index >= 15 is 0 Å². The van der Waals surface area contributed by atoms with Gasteiger partial charge >= 0.3 is 0 Å². The van der Waals surface area contributed by atoms with Crippen LogP contribution in [-0.2, 0) is 12.3 Å². The molecule has 0 aliphatic rings. The monoisotopic (exact) mass is 315 g/mol. The first-order valence-electron chi connectivity index (χ1n) is 5.98. The molecule has 19 heavy (non-hydrogen) atoms. The number of rotatable bonds is 7. The van der Waals surface area contributed by atoms with Crippen LogP contribution in [0.25, 0.3) is 0 Å². The van der Waals surface area contributed by atoms with E-state index in [-0.39, 0.29) is 0 Å². The van der Waals surface area contributed by atoms with Crippen molar-refractivity contribution in [3.63, 3.8) is 0 Å². The van der Waals surface area contributed by atoms with Crippen LogP contribution in [0.3, 0.4) is 0 Å². The first-order chi connectivity index (χ1) is 9.17. The third-order valence-corrected chi connectivity index (χ3v) is 5.36. The molecule has 0 fully saturated rings. The zero-order valence-corrected chi connectivity index (χ0v) is 13.6. The summed E-state index contributed by atoms with van der Waals surface area (Å²) in [6.07, 6.45) is 2.01. The lowest BCUT2D eigenvalue weighted by Crippen LogP contribution is -2.21. The van der Waals surface area contributed by atoms with Gasteiger partial charge in [0.1, 0.15) is 11.5 Å². The van der Waals surface area contributed by atoms with E-state index in [2.05, 4.69) is 29.4 Å². The largest absolute Gasteiger partial charge is 0.464 e. The van der Waals surface area contributed by atoms with Crippen LogP contribution in [0.5, 0.6) is 0 Å². The predicted octanol–water partition coefficient (Wildman–Crippen LogP) is 3.64. The molecule has 2 rings (SSSR count). The number of hydrogen-bond donors (Lipinski definition) is 1. The molecular formula is C12H17N3OS3. The van der Waals surface area contributed by atoms with E-state index in [0.717, 1.165) is 32.5 Å². The van der Waals surface area contributed by atoms with Crippen molar-refractivity contribution in [1.82, 2.24) is 15.5 Å².